The molecule has 4 nitrogen and oxygen atoms in total. The molecule has 1 aromatic heterocycles. The van der Waals surface area contributed by atoms with E-state index < -0.39 is 0 Å². The molecule has 1 rings (SSSR count). The Balaban J connectivity index is 2.27. The highest BCUT2D eigenvalue weighted by Crippen LogP contribution is 2.05. The number of aliphatic hydroxyl groups excluding tert-OH is 1. The van der Waals surface area contributed by atoms with Crippen molar-refractivity contribution in [2.75, 3.05) is 13.2 Å². The summed E-state index contributed by atoms with van der Waals surface area (Å²) in [5.41, 5.74) is 1.25. The highest BCUT2D eigenvalue weighted by atomic mass is 16.3. The highest BCUT2D eigenvalue weighted by Gasteiger charge is 2.11. The Kier molecular flexibility index (Phi) is 5.49. The average Bonchev–Trinajstić information content (AvgIpc) is 2.63. The number of hydrogen-bond acceptors (Lipinski definition) is 3. The van der Waals surface area contributed by atoms with Crippen molar-refractivity contribution in [1.82, 2.24) is 15.1 Å². The zero-order valence-corrected chi connectivity index (χ0v) is 10.5. The Morgan fingerprint density at radius 3 is 2.75 bits per heavy atom. The SMILES string of the molecule is CC(C)C(CCO)NCCc1cnn(C)c1. The van der Waals surface area contributed by atoms with Gasteiger partial charge in [0.1, 0.15) is 0 Å². The number of aryl methyl sites for hydroxylation is 1. The molecular formula is C12H23N3O. The van der Waals surface area contributed by atoms with E-state index in [9.17, 15) is 0 Å². The molecule has 0 fully saturated rings. The van der Waals surface area contributed by atoms with Crippen molar-refractivity contribution < 1.29 is 5.11 Å². The number of hydrogen-bond donors (Lipinski definition) is 2. The van der Waals surface area contributed by atoms with Crippen LogP contribution < -0.4 is 5.32 Å². The minimum absolute atomic E-state index is 0.253. The lowest BCUT2D eigenvalue weighted by molar-refractivity contribution is 0.245. The summed E-state index contributed by atoms with van der Waals surface area (Å²) in [6.07, 6.45) is 5.75. The van der Waals surface area contributed by atoms with Gasteiger partial charge in [0.15, 0.2) is 0 Å². The van der Waals surface area contributed by atoms with Crippen molar-refractivity contribution in [3.8, 4) is 0 Å². The van der Waals surface area contributed by atoms with E-state index in [-0.39, 0.29) is 6.61 Å². The summed E-state index contributed by atoms with van der Waals surface area (Å²) in [5.74, 6) is 0.557. The lowest BCUT2D eigenvalue weighted by atomic mass is 10.0. The smallest absolute Gasteiger partial charge is 0.0522 e. The van der Waals surface area contributed by atoms with E-state index in [0.29, 0.717) is 12.0 Å². The van der Waals surface area contributed by atoms with Gasteiger partial charge in [-0.15, -0.1) is 0 Å². The van der Waals surface area contributed by atoms with Gasteiger partial charge in [-0.1, -0.05) is 13.8 Å². The molecule has 0 bridgehead atoms. The molecule has 0 saturated carbocycles. The van der Waals surface area contributed by atoms with Crippen LogP contribution in [0.25, 0.3) is 0 Å². The Morgan fingerprint density at radius 1 is 1.50 bits per heavy atom. The molecule has 0 aliphatic rings. The topological polar surface area (TPSA) is 50.1 Å². The van der Waals surface area contributed by atoms with Gasteiger partial charge in [-0.3, -0.25) is 4.68 Å². The van der Waals surface area contributed by atoms with Crippen molar-refractivity contribution in [3.63, 3.8) is 0 Å². The average molecular weight is 225 g/mol. The van der Waals surface area contributed by atoms with E-state index in [2.05, 4.69) is 24.3 Å². The second-order valence-corrected chi connectivity index (χ2v) is 4.59. The van der Waals surface area contributed by atoms with Crippen LogP contribution in [0.3, 0.4) is 0 Å². The van der Waals surface area contributed by atoms with E-state index in [1.807, 2.05) is 24.1 Å². The first-order chi connectivity index (χ1) is 7.63. The maximum Gasteiger partial charge on any atom is 0.0522 e. The van der Waals surface area contributed by atoms with Crippen molar-refractivity contribution in [2.24, 2.45) is 13.0 Å². The fourth-order valence-electron chi connectivity index (χ4n) is 1.81. The van der Waals surface area contributed by atoms with E-state index in [4.69, 9.17) is 5.11 Å². The summed E-state index contributed by atoms with van der Waals surface area (Å²) >= 11 is 0. The van der Waals surface area contributed by atoms with Crippen LogP contribution in [0, 0.1) is 5.92 Å². The molecule has 0 radical (unpaired) electrons. The monoisotopic (exact) mass is 225 g/mol. The summed E-state index contributed by atoms with van der Waals surface area (Å²) in [6.45, 7) is 5.55. The normalized spacial score (nSPS) is 13.3. The molecule has 0 spiro atoms. The van der Waals surface area contributed by atoms with E-state index >= 15 is 0 Å². The van der Waals surface area contributed by atoms with Gasteiger partial charge in [-0.05, 0) is 30.9 Å². The Labute approximate surface area is 97.7 Å². The number of rotatable bonds is 7. The summed E-state index contributed by atoms with van der Waals surface area (Å²) in [5, 5.41) is 16.6. The van der Waals surface area contributed by atoms with Gasteiger partial charge >= 0.3 is 0 Å². The molecule has 0 aliphatic heterocycles. The molecule has 0 saturated heterocycles. The number of nitrogens with zero attached hydrogens (tertiary/aromatic N) is 2. The zero-order valence-electron chi connectivity index (χ0n) is 10.5. The first kappa shape index (κ1) is 13.2. The number of nitrogens with one attached hydrogen (secondary N) is 1. The van der Waals surface area contributed by atoms with Gasteiger partial charge in [-0.2, -0.15) is 5.10 Å². The molecule has 1 unspecified atom stereocenters. The Hall–Kier alpha value is -0.870. The fourth-order valence-corrected chi connectivity index (χ4v) is 1.81. The molecular weight excluding hydrogens is 202 g/mol. The Morgan fingerprint density at radius 2 is 2.25 bits per heavy atom. The van der Waals surface area contributed by atoms with Gasteiger partial charge in [0.25, 0.3) is 0 Å². The van der Waals surface area contributed by atoms with Gasteiger partial charge in [0.05, 0.1) is 6.20 Å². The quantitative estimate of drug-likeness (QED) is 0.726. The molecule has 1 heterocycles. The largest absolute Gasteiger partial charge is 0.396 e. The molecule has 4 heteroatoms. The third kappa shape index (κ3) is 4.33. The van der Waals surface area contributed by atoms with E-state index in [1.54, 1.807) is 0 Å². The minimum Gasteiger partial charge on any atom is -0.396 e. The number of aromatic nitrogens is 2. The third-order valence-corrected chi connectivity index (χ3v) is 2.82. The van der Waals surface area contributed by atoms with Crippen LogP contribution in [0.5, 0.6) is 0 Å². The summed E-state index contributed by atoms with van der Waals surface area (Å²) in [7, 11) is 1.93. The van der Waals surface area contributed by atoms with Crippen molar-refractivity contribution in [1.29, 1.82) is 0 Å². The highest BCUT2D eigenvalue weighted by molar-refractivity contribution is 5.03. The summed E-state index contributed by atoms with van der Waals surface area (Å²) in [4.78, 5) is 0. The first-order valence-corrected chi connectivity index (χ1v) is 5.95. The molecule has 0 aromatic carbocycles. The molecule has 1 atom stereocenters. The van der Waals surface area contributed by atoms with Crippen molar-refractivity contribution >= 4 is 0 Å². The second-order valence-electron chi connectivity index (χ2n) is 4.59. The maximum absolute atomic E-state index is 8.95. The van der Waals surface area contributed by atoms with Crippen LogP contribution in [0.15, 0.2) is 12.4 Å². The van der Waals surface area contributed by atoms with Gasteiger partial charge in [-0.25, -0.2) is 0 Å². The zero-order chi connectivity index (χ0) is 12.0. The molecule has 0 amide bonds. The van der Waals surface area contributed by atoms with Gasteiger partial charge in [0.2, 0.25) is 0 Å². The molecule has 0 aliphatic carbocycles. The molecule has 2 N–H and O–H groups in total. The van der Waals surface area contributed by atoms with Crippen LogP contribution in [0.1, 0.15) is 25.8 Å². The van der Waals surface area contributed by atoms with Crippen molar-refractivity contribution in [3.05, 3.63) is 18.0 Å². The van der Waals surface area contributed by atoms with Crippen LogP contribution in [-0.2, 0) is 13.5 Å². The van der Waals surface area contributed by atoms with Crippen LogP contribution in [0.2, 0.25) is 0 Å². The standard InChI is InChI=1S/C12H23N3O/c1-10(2)12(5-7-16)13-6-4-11-8-14-15(3)9-11/h8-10,12-13,16H,4-7H2,1-3H3. The van der Waals surface area contributed by atoms with Crippen molar-refractivity contribution in [2.45, 2.75) is 32.7 Å². The third-order valence-electron chi connectivity index (χ3n) is 2.82. The molecule has 16 heavy (non-hydrogen) atoms. The minimum atomic E-state index is 0.253. The van der Waals surface area contributed by atoms with E-state index in [1.165, 1.54) is 5.56 Å². The predicted octanol–water partition coefficient (Wildman–Crippen LogP) is 0.959. The predicted molar refractivity (Wildman–Crippen MR) is 65.2 cm³/mol. The van der Waals surface area contributed by atoms with Crippen LogP contribution in [-0.4, -0.2) is 34.1 Å². The summed E-state index contributed by atoms with van der Waals surface area (Å²) < 4.78 is 1.82. The lowest BCUT2D eigenvalue weighted by Gasteiger charge is -2.21. The number of aliphatic hydroxyl groups is 1. The second kappa shape index (κ2) is 6.66. The van der Waals surface area contributed by atoms with Gasteiger partial charge in [0, 0.05) is 25.9 Å². The lowest BCUT2D eigenvalue weighted by Crippen LogP contribution is -2.36. The maximum atomic E-state index is 8.95. The van der Waals surface area contributed by atoms with E-state index in [0.717, 1.165) is 19.4 Å². The fraction of sp³-hybridized carbons (Fsp3) is 0.750. The molecule has 1 aromatic rings. The van der Waals surface area contributed by atoms with Crippen LogP contribution in [0.4, 0.5) is 0 Å². The first-order valence-electron chi connectivity index (χ1n) is 5.95. The molecule has 92 valence electrons. The summed E-state index contributed by atoms with van der Waals surface area (Å²) in [6, 6.07) is 0.404. The van der Waals surface area contributed by atoms with Crippen LogP contribution >= 0.6 is 0 Å². The van der Waals surface area contributed by atoms with Gasteiger partial charge < -0.3 is 10.4 Å². The Bertz CT molecular complexity index is 296.